The Labute approximate surface area is 157 Å². The SMILES string of the molecule is C=C1CCCC(C)(C)C1CCC(C)=CC(=O)NC(=N)NC(=O)C=C(C)C. The number of carbonyl (C=O) groups is 2. The molecule has 5 nitrogen and oxygen atoms in total. The van der Waals surface area contributed by atoms with Crippen molar-refractivity contribution in [2.24, 2.45) is 11.3 Å². The fraction of sp³-hybridized carbons (Fsp3) is 0.571. The maximum Gasteiger partial charge on any atom is 0.250 e. The van der Waals surface area contributed by atoms with Gasteiger partial charge in [-0.15, -0.1) is 0 Å². The minimum Gasteiger partial charge on any atom is -0.293 e. The van der Waals surface area contributed by atoms with Crippen molar-refractivity contribution in [3.63, 3.8) is 0 Å². The van der Waals surface area contributed by atoms with E-state index in [-0.39, 0.29) is 11.4 Å². The van der Waals surface area contributed by atoms with Crippen LogP contribution >= 0.6 is 0 Å². The van der Waals surface area contributed by atoms with Crippen molar-refractivity contribution >= 4 is 17.8 Å². The second kappa shape index (κ2) is 9.51. The van der Waals surface area contributed by atoms with Crippen LogP contribution in [-0.2, 0) is 9.59 Å². The summed E-state index contributed by atoms with van der Waals surface area (Å²) in [6, 6.07) is 0. The summed E-state index contributed by atoms with van der Waals surface area (Å²) in [5.74, 6) is -0.659. The standard InChI is InChI=1S/C21H33N3O2/c1-14(2)12-18(25)23-20(22)24-19(26)13-15(3)9-10-17-16(4)8-7-11-21(17,5)6/h12-13,17H,4,7-11H2,1-3,5-6H3,(H3,22,23,24,25,26). The second-order valence-corrected chi connectivity index (χ2v) is 8.16. The summed E-state index contributed by atoms with van der Waals surface area (Å²) in [6.07, 6.45) is 8.19. The van der Waals surface area contributed by atoms with E-state index in [0.717, 1.165) is 30.4 Å². The van der Waals surface area contributed by atoms with E-state index in [1.54, 1.807) is 13.8 Å². The van der Waals surface area contributed by atoms with E-state index in [0.29, 0.717) is 5.92 Å². The predicted octanol–water partition coefficient (Wildman–Crippen LogP) is 4.23. The Hall–Kier alpha value is -2.17. The molecule has 144 valence electrons. The molecule has 2 amide bonds. The number of allylic oxidation sites excluding steroid dienone is 3. The molecular formula is C21H33N3O2. The molecule has 0 aromatic heterocycles. The molecule has 0 saturated heterocycles. The molecule has 1 unspecified atom stereocenters. The third-order valence-electron chi connectivity index (χ3n) is 4.88. The van der Waals surface area contributed by atoms with Crippen molar-refractivity contribution in [2.45, 2.75) is 66.7 Å². The van der Waals surface area contributed by atoms with Crippen molar-refractivity contribution in [3.05, 3.63) is 35.5 Å². The van der Waals surface area contributed by atoms with Crippen LogP contribution in [0.1, 0.15) is 66.7 Å². The lowest BCUT2D eigenvalue weighted by Crippen LogP contribution is -2.42. The van der Waals surface area contributed by atoms with E-state index in [9.17, 15) is 9.59 Å². The van der Waals surface area contributed by atoms with E-state index in [4.69, 9.17) is 5.41 Å². The van der Waals surface area contributed by atoms with Gasteiger partial charge in [-0.05, 0) is 64.2 Å². The molecule has 0 aromatic carbocycles. The van der Waals surface area contributed by atoms with Crippen LogP contribution in [0, 0.1) is 16.7 Å². The van der Waals surface area contributed by atoms with Gasteiger partial charge in [0.2, 0.25) is 5.96 Å². The summed E-state index contributed by atoms with van der Waals surface area (Å²) < 4.78 is 0. The topological polar surface area (TPSA) is 82.1 Å². The van der Waals surface area contributed by atoms with E-state index in [1.807, 2.05) is 6.92 Å². The summed E-state index contributed by atoms with van der Waals surface area (Å²) in [7, 11) is 0. The van der Waals surface area contributed by atoms with E-state index >= 15 is 0 Å². The van der Waals surface area contributed by atoms with Gasteiger partial charge in [-0.1, -0.05) is 37.1 Å². The Bertz CT molecular complexity index is 638. The highest BCUT2D eigenvalue weighted by molar-refractivity contribution is 6.08. The predicted molar refractivity (Wildman–Crippen MR) is 107 cm³/mol. The summed E-state index contributed by atoms with van der Waals surface area (Å²) >= 11 is 0. The van der Waals surface area contributed by atoms with Gasteiger partial charge in [0.1, 0.15) is 0 Å². The zero-order chi connectivity index (χ0) is 19.9. The normalized spacial score (nSPS) is 19.5. The smallest absolute Gasteiger partial charge is 0.250 e. The minimum atomic E-state index is -0.422. The summed E-state index contributed by atoms with van der Waals surface area (Å²) in [5.41, 5.74) is 3.36. The number of nitrogens with one attached hydrogen (secondary N) is 3. The lowest BCUT2D eigenvalue weighted by Gasteiger charge is -2.40. The highest BCUT2D eigenvalue weighted by Gasteiger charge is 2.33. The Morgan fingerprint density at radius 2 is 1.77 bits per heavy atom. The van der Waals surface area contributed by atoms with Gasteiger partial charge < -0.3 is 0 Å². The second-order valence-electron chi connectivity index (χ2n) is 8.16. The quantitative estimate of drug-likeness (QED) is 0.297. The van der Waals surface area contributed by atoms with E-state index in [1.165, 1.54) is 30.6 Å². The molecule has 5 heteroatoms. The summed E-state index contributed by atoms with van der Waals surface area (Å²) in [5, 5.41) is 12.3. The number of rotatable bonds is 5. The first-order valence-electron chi connectivity index (χ1n) is 9.21. The Kier molecular flexibility index (Phi) is 8.00. The van der Waals surface area contributed by atoms with Crippen LogP contribution in [0.5, 0.6) is 0 Å². The van der Waals surface area contributed by atoms with Crippen LogP contribution in [0.3, 0.4) is 0 Å². The molecular weight excluding hydrogens is 326 g/mol. The zero-order valence-electron chi connectivity index (χ0n) is 16.8. The lowest BCUT2D eigenvalue weighted by molar-refractivity contribution is -0.115. The van der Waals surface area contributed by atoms with Gasteiger partial charge in [-0.25, -0.2) is 0 Å². The minimum absolute atomic E-state index is 0.259. The lowest BCUT2D eigenvalue weighted by atomic mass is 9.65. The highest BCUT2D eigenvalue weighted by atomic mass is 16.2. The average molecular weight is 360 g/mol. The van der Waals surface area contributed by atoms with Crippen molar-refractivity contribution < 1.29 is 9.59 Å². The summed E-state index contributed by atoms with van der Waals surface area (Å²) in [4.78, 5) is 23.5. The Morgan fingerprint density at radius 1 is 1.19 bits per heavy atom. The molecule has 1 rings (SSSR count). The van der Waals surface area contributed by atoms with Crippen LogP contribution in [0.2, 0.25) is 0 Å². The van der Waals surface area contributed by atoms with Crippen LogP contribution in [0.15, 0.2) is 35.5 Å². The monoisotopic (exact) mass is 359 g/mol. The highest BCUT2D eigenvalue weighted by Crippen LogP contribution is 2.45. The number of hydrogen-bond donors (Lipinski definition) is 3. The first-order chi connectivity index (χ1) is 12.0. The molecule has 1 atom stereocenters. The van der Waals surface area contributed by atoms with Crippen molar-refractivity contribution in [3.8, 4) is 0 Å². The fourth-order valence-electron chi connectivity index (χ4n) is 3.55. The molecule has 26 heavy (non-hydrogen) atoms. The first-order valence-corrected chi connectivity index (χ1v) is 9.21. The number of amides is 2. The largest absolute Gasteiger partial charge is 0.293 e. The third-order valence-corrected chi connectivity index (χ3v) is 4.88. The van der Waals surface area contributed by atoms with Crippen LogP contribution in [-0.4, -0.2) is 17.8 Å². The average Bonchev–Trinajstić information content (AvgIpc) is 2.44. The molecule has 1 fully saturated rings. The van der Waals surface area contributed by atoms with Crippen LogP contribution < -0.4 is 10.6 Å². The van der Waals surface area contributed by atoms with Gasteiger partial charge in [0.25, 0.3) is 11.8 Å². The molecule has 0 bridgehead atoms. The maximum atomic E-state index is 12.0. The first kappa shape index (κ1) is 21.9. The molecule has 0 aliphatic heterocycles. The zero-order valence-corrected chi connectivity index (χ0v) is 16.8. The molecule has 0 heterocycles. The van der Waals surface area contributed by atoms with Gasteiger partial charge in [0.05, 0.1) is 0 Å². The molecule has 0 spiro atoms. The van der Waals surface area contributed by atoms with Crippen LogP contribution in [0.25, 0.3) is 0 Å². The molecule has 1 aliphatic carbocycles. The van der Waals surface area contributed by atoms with Crippen LogP contribution in [0.4, 0.5) is 0 Å². The molecule has 1 saturated carbocycles. The van der Waals surface area contributed by atoms with Gasteiger partial charge in [-0.3, -0.25) is 25.6 Å². The number of hydrogen-bond acceptors (Lipinski definition) is 3. The molecule has 3 N–H and O–H groups in total. The molecule has 0 radical (unpaired) electrons. The van der Waals surface area contributed by atoms with E-state index in [2.05, 4.69) is 31.1 Å². The van der Waals surface area contributed by atoms with Crippen molar-refractivity contribution in [2.75, 3.05) is 0 Å². The molecule has 1 aliphatic rings. The Morgan fingerprint density at radius 3 is 2.31 bits per heavy atom. The Balaban J connectivity index is 2.52. The third kappa shape index (κ3) is 7.38. The van der Waals surface area contributed by atoms with Gasteiger partial charge in [0, 0.05) is 12.2 Å². The van der Waals surface area contributed by atoms with Gasteiger partial charge in [-0.2, -0.15) is 0 Å². The summed E-state index contributed by atoms with van der Waals surface area (Å²) in [6.45, 7) is 14.3. The van der Waals surface area contributed by atoms with Crippen molar-refractivity contribution in [1.29, 1.82) is 5.41 Å². The fourth-order valence-corrected chi connectivity index (χ4v) is 3.55. The van der Waals surface area contributed by atoms with E-state index < -0.39 is 11.8 Å². The van der Waals surface area contributed by atoms with Gasteiger partial charge in [0.15, 0.2) is 0 Å². The number of carbonyl (C=O) groups excluding carboxylic acids is 2. The van der Waals surface area contributed by atoms with Gasteiger partial charge >= 0.3 is 0 Å². The van der Waals surface area contributed by atoms with Crippen molar-refractivity contribution in [1.82, 2.24) is 10.6 Å². The maximum absolute atomic E-state index is 12.0. The molecule has 0 aromatic rings. The number of guanidine groups is 1.